The Labute approximate surface area is 101 Å². The van der Waals surface area contributed by atoms with E-state index in [2.05, 4.69) is 19.2 Å². The number of hydrogen-bond donors (Lipinski definition) is 1. The summed E-state index contributed by atoms with van der Waals surface area (Å²) in [6, 6.07) is 3.86. The fourth-order valence-electron chi connectivity index (χ4n) is 2.29. The number of anilines is 1. The van der Waals surface area contributed by atoms with E-state index in [1.54, 1.807) is 0 Å². The maximum atomic E-state index is 11.6. The summed E-state index contributed by atoms with van der Waals surface area (Å²) in [4.78, 5) is 22.9. The van der Waals surface area contributed by atoms with E-state index in [-0.39, 0.29) is 0 Å². The zero-order valence-corrected chi connectivity index (χ0v) is 10.3. The second-order valence-corrected chi connectivity index (χ2v) is 4.45. The number of Topliss-reactive ketones (excluding diaryl/α,β-unsaturated/α-hetero) is 1. The van der Waals surface area contributed by atoms with E-state index < -0.39 is 11.7 Å². The van der Waals surface area contributed by atoms with Crippen LogP contribution in [0.4, 0.5) is 5.69 Å². The first kappa shape index (κ1) is 11.8. The molecule has 0 aliphatic carbocycles. The van der Waals surface area contributed by atoms with E-state index in [0.29, 0.717) is 11.3 Å². The lowest BCUT2D eigenvalue weighted by Gasteiger charge is -2.10. The molecule has 3 heteroatoms. The second-order valence-electron chi connectivity index (χ2n) is 4.45. The van der Waals surface area contributed by atoms with E-state index >= 15 is 0 Å². The molecule has 0 aromatic heterocycles. The first-order valence-electron chi connectivity index (χ1n) is 6.18. The lowest BCUT2D eigenvalue weighted by Crippen LogP contribution is -2.12. The van der Waals surface area contributed by atoms with Gasteiger partial charge in [-0.05, 0) is 36.1 Å². The Hall–Kier alpha value is -1.64. The minimum Gasteiger partial charge on any atom is -0.318 e. The van der Waals surface area contributed by atoms with Crippen LogP contribution in [0.3, 0.4) is 0 Å². The predicted molar refractivity (Wildman–Crippen MR) is 67.4 cm³/mol. The van der Waals surface area contributed by atoms with Gasteiger partial charge >= 0.3 is 0 Å². The molecule has 1 aromatic rings. The van der Waals surface area contributed by atoms with Crippen LogP contribution in [0.1, 0.15) is 48.2 Å². The van der Waals surface area contributed by atoms with Gasteiger partial charge in [-0.1, -0.05) is 26.7 Å². The highest BCUT2D eigenvalue weighted by Crippen LogP contribution is 2.28. The van der Waals surface area contributed by atoms with Crippen molar-refractivity contribution in [2.45, 2.75) is 39.5 Å². The van der Waals surface area contributed by atoms with Crippen molar-refractivity contribution in [2.24, 2.45) is 0 Å². The van der Waals surface area contributed by atoms with Crippen molar-refractivity contribution in [2.75, 3.05) is 5.32 Å². The van der Waals surface area contributed by atoms with Crippen LogP contribution < -0.4 is 5.32 Å². The minimum atomic E-state index is -0.504. The van der Waals surface area contributed by atoms with Crippen molar-refractivity contribution >= 4 is 17.4 Å². The van der Waals surface area contributed by atoms with Crippen molar-refractivity contribution in [1.82, 2.24) is 0 Å². The second kappa shape index (κ2) is 4.70. The molecule has 0 unspecified atom stereocenters. The molecule has 3 nitrogen and oxygen atoms in total. The quantitative estimate of drug-likeness (QED) is 0.810. The van der Waals surface area contributed by atoms with Gasteiger partial charge in [-0.25, -0.2) is 0 Å². The molecule has 0 bridgehead atoms. The zero-order chi connectivity index (χ0) is 12.4. The number of fused-ring (bicyclic) bond motifs is 1. The van der Waals surface area contributed by atoms with E-state index in [1.807, 2.05) is 12.1 Å². The van der Waals surface area contributed by atoms with E-state index in [4.69, 9.17) is 0 Å². The number of nitrogens with one attached hydrogen (secondary N) is 1. The Kier molecular flexibility index (Phi) is 3.27. The number of rotatable bonds is 4. The van der Waals surface area contributed by atoms with Crippen LogP contribution in [-0.2, 0) is 17.6 Å². The largest absolute Gasteiger partial charge is 0.318 e. The normalized spacial score (nSPS) is 13.8. The molecule has 90 valence electrons. The number of carbonyl (C=O) groups excluding carboxylic acids is 2. The highest BCUT2D eigenvalue weighted by atomic mass is 16.2. The van der Waals surface area contributed by atoms with Gasteiger partial charge in [-0.2, -0.15) is 0 Å². The topological polar surface area (TPSA) is 46.2 Å². The molecule has 0 fully saturated rings. The molecule has 0 saturated heterocycles. The van der Waals surface area contributed by atoms with Gasteiger partial charge in [0, 0.05) is 0 Å². The van der Waals surface area contributed by atoms with Crippen LogP contribution in [0.5, 0.6) is 0 Å². The van der Waals surface area contributed by atoms with Gasteiger partial charge in [0.25, 0.3) is 11.7 Å². The van der Waals surface area contributed by atoms with Gasteiger partial charge in [-0.15, -0.1) is 0 Å². The van der Waals surface area contributed by atoms with Crippen LogP contribution in [0.25, 0.3) is 0 Å². The van der Waals surface area contributed by atoms with Crippen molar-refractivity contribution in [3.63, 3.8) is 0 Å². The van der Waals surface area contributed by atoms with Crippen LogP contribution in [0.15, 0.2) is 12.1 Å². The van der Waals surface area contributed by atoms with Gasteiger partial charge in [0.05, 0.1) is 11.3 Å². The monoisotopic (exact) mass is 231 g/mol. The number of hydrogen-bond acceptors (Lipinski definition) is 2. The first-order valence-corrected chi connectivity index (χ1v) is 6.18. The summed E-state index contributed by atoms with van der Waals surface area (Å²) >= 11 is 0. The highest BCUT2D eigenvalue weighted by Gasteiger charge is 2.28. The molecule has 1 aliphatic rings. The molecule has 17 heavy (non-hydrogen) atoms. The molecular weight excluding hydrogens is 214 g/mol. The summed E-state index contributed by atoms with van der Waals surface area (Å²) in [6.07, 6.45) is 4.07. The van der Waals surface area contributed by atoms with Gasteiger partial charge in [0.1, 0.15) is 0 Å². The maximum absolute atomic E-state index is 11.6. The number of amides is 1. The van der Waals surface area contributed by atoms with Gasteiger partial charge in [-0.3, -0.25) is 9.59 Å². The summed E-state index contributed by atoms with van der Waals surface area (Å²) in [5.74, 6) is -0.906. The molecule has 0 radical (unpaired) electrons. The van der Waals surface area contributed by atoms with Crippen LogP contribution in [-0.4, -0.2) is 11.7 Å². The van der Waals surface area contributed by atoms with Gasteiger partial charge in [0.2, 0.25) is 0 Å². The third-order valence-electron chi connectivity index (χ3n) is 3.08. The lowest BCUT2D eigenvalue weighted by molar-refractivity contribution is -0.112. The average molecular weight is 231 g/mol. The molecule has 1 aliphatic heterocycles. The Balaban J connectivity index is 2.46. The minimum absolute atomic E-state index is 0.402. The van der Waals surface area contributed by atoms with Crippen molar-refractivity contribution in [1.29, 1.82) is 0 Å². The third-order valence-corrected chi connectivity index (χ3v) is 3.08. The molecule has 2 rings (SSSR count). The average Bonchev–Trinajstić information content (AvgIpc) is 2.57. The molecule has 1 amide bonds. The maximum Gasteiger partial charge on any atom is 0.296 e. The Bertz CT molecular complexity index is 477. The van der Waals surface area contributed by atoms with Crippen molar-refractivity contribution in [3.05, 3.63) is 28.8 Å². The van der Waals surface area contributed by atoms with Crippen molar-refractivity contribution in [3.8, 4) is 0 Å². The van der Waals surface area contributed by atoms with Crippen molar-refractivity contribution < 1.29 is 9.59 Å². The fourth-order valence-corrected chi connectivity index (χ4v) is 2.29. The van der Waals surface area contributed by atoms with Gasteiger partial charge < -0.3 is 5.32 Å². The molecule has 1 N–H and O–H groups in total. The summed E-state index contributed by atoms with van der Waals surface area (Å²) in [7, 11) is 0. The standard InChI is InChI=1S/C14H17NO2/c1-3-5-9-7-11-12(8-10(9)6-4-2)15-14(17)13(11)16/h7-8H,3-6H2,1-2H3,(H,15,16,17). The van der Waals surface area contributed by atoms with E-state index in [1.165, 1.54) is 11.1 Å². The molecule has 1 heterocycles. The molecule has 0 atom stereocenters. The molecule has 0 saturated carbocycles. The fraction of sp³-hybridized carbons (Fsp3) is 0.429. The van der Waals surface area contributed by atoms with Crippen LogP contribution >= 0.6 is 0 Å². The predicted octanol–water partition coefficient (Wildman–Crippen LogP) is 2.73. The van der Waals surface area contributed by atoms with Crippen LogP contribution in [0, 0.1) is 0 Å². The summed E-state index contributed by atoms with van der Waals surface area (Å²) in [5.41, 5.74) is 3.68. The molecular formula is C14H17NO2. The summed E-state index contributed by atoms with van der Waals surface area (Å²) < 4.78 is 0. The number of carbonyl (C=O) groups is 2. The summed E-state index contributed by atoms with van der Waals surface area (Å²) in [5, 5.41) is 2.63. The first-order chi connectivity index (χ1) is 8.17. The lowest BCUT2D eigenvalue weighted by atomic mass is 9.95. The number of aryl methyl sites for hydroxylation is 2. The van der Waals surface area contributed by atoms with Gasteiger partial charge in [0.15, 0.2) is 0 Å². The Morgan fingerprint density at radius 2 is 1.59 bits per heavy atom. The molecule has 0 spiro atoms. The van der Waals surface area contributed by atoms with E-state index in [9.17, 15) is 9.59 Å². The third kappa shape index (κ3) is 2.09. The molecule has 1 aromatic carbocycles. The van der Waals surface area contributed by atoms with E-state index in [0.717, 1.165) is 25.7 Å². The highest BCUT2D eigenvalue weighted by molar-refractivity contribution is 6.51. The number of ketones is 1. The Morgan fingerprint density at radius 3 is 2.18 bits per heavy atom. The summed E-state index contributed by atoms with van der Waals surface area (Å²) in [6.45, 7) is 4.25. The SMILES string of the molecule is CCCc1cc2c(cc1CCC)C(=O)C(=O)N2. The number of benzene rings is 1. The zero-order valence-electron chi connectivity index (χ0n) is 10.3. The Morgan fingerprint density at radius 1 is 1.00 bits per heavy atom. The smallest absolute Gasteiger partial charge is 0.296 e. The van der Waals surface area contributed by atoms with Crippen LogP contribution in [0.2, 0.25) is 0 Å².